The molecule has 0 unspecified atom stereocenters. The number of rotatable bonds is 4. The van der Waals surface area contributed by atoms with Crippen LogP contribution in [0.1, 0.15) is 16.5 Å². The standard InChI is InChI=1S/C12H12N2O2S/c1-9-8-17-12(14-9)7-13-11(15)5-4-10-3-2-6-16-10/h2-6,8H,7H2,1H3,(H,13,15). The molecule has 1 N–H and O–H groups in total. The number of nitrogens with zero attached hydrogens (tertiary/aromatic N) is 1. The van der Waals surface area contributed by atoms with E-state index < -0.39 is 0 Å². The second-order valence-corrected chi connectivity index (χ2v) is 4.39. The van der Waals surface area contributed by atoms with Crippen molar-refractivity contribution < 1.29 is 9.21 Å². The van der Waals surface area contributed by atoms with Gasteiger partial charge in [-0.15, -0.1) is 11.3 Å². The first kappa shape index (κ1) is 11.6. The molecule has 1 amide bonds. The summed E-state index contributed by atoms with van der Waals surface area (Å²) in [5.41, 5.74) is 0.977. The SMILES string of the molecule is Cc1csc(CNC(=O)C=Cc2ccco2)n1. The van der Waals surface area contributed by atoms with Gasteiger partial charge in [-0.3, -0.25) is 4.79 Å². The number of furan rings is 1. The lowest BCUT2D eigenvalue weighted by Crippen LogP contribution is -2.20. The molecule has 2 aromatic heterocycles. The summed E-state index contributed by atoms with van der Waals surface area (Å²) in [6.07, 6.45) is 4.64. The number of aromatic nitrogens is 1. The Kier molecular flexibility index (Phi) is 3.72. The first-order valence-electron chi connectivity index (χ1n) is 5.14. The van der Waals surface area contributed by atoms with Gasteiger partial charge in [-0.2, -0.15) is 0 Å². The summed E-state index contributed by atoms with van der Waals surface area (Å²) in [6, 6.07) is 3.56. The fourth-order valence-electron chi connectivity index (χ4n) is 1.25. The average molecular weight is 248 g/mol. The first-order chi connectivity index (χ1) is 8.24. The highest BCUT2D eigenvalue weighted by Gasteiger charge is 2.00. The largest absolute Gasteiger partial charge is 0.465 e. The van der Waals surface area contributed by atoms with Crippen molar-refractivity contribution in [1.29, 1.82) is 0 Å². The molecule has 0 saturated heterocycles. The quantitative estimate of drug-likeness (QED) is 0.845. The molecule has 0 bridgehead atoms. The van der Waals surface area contributed by atoms with E-state index in [9.17, 15) is 4.79 Å². The van der Waals surface area contributed by atoms with Crippen LogP contribution in [0.2, 0.25) is 0 Å². The van der Waals surface area contributed by atoms with Crippen LogP contribution in [0.15, 0.2) is 34.3 Å². The maximum atomic E-state index is 11.5. The molecule has 17 heavy (non-hydrogen) atoms. The van der Waals surface area contributed by atoms with E-state index in [4.69, 9.17) is 4.42 Å². The number of carbonyl (C=O) groups excluding carboxylic acids is 1. The van der Waals surface area contributed by atoms with Gasteiger partial charge in [-0.1, -0.05) is 0 Å². The van der Waals surface area contributed by atoms with Gasteiger partial charge < -0.3 is 9.73 Å². The Bertz CT molecular complexity index is 514. The van der Waals surface area contributed by atoms with Gasteiger partial charge in [0.15, 0.2) is 0 Å². The van der Waals surface area contributed by atoms with E-state index in [1.54, 1.807) is 24.5 Å². The van der Waals surface area contributed by atoms with Gasteiger partial charge in [0.25, 0.3) is 0 Å². The number of carbonyl (C=O) groups is 1. The highest BCUT2D eigenvalue weighted by molar-refractivity contribution is 7.09. The number of aryl methyl sites for hydroxylation is 1. The summed E-state index contributed by atoms with van der Waals surface area (Å²) in [7, 11) is 0. The van der Waals surface area contributed by atoms with Crippen LogP contribution in [0, 0.1) is 6.92 Å². The Morgan fingerprint density at radius 1 is 1.65 bits per heavy atom. The number of hydrogen-bond donors (Lipinski definition) is 1. The Hall–Kier alpha value is -1.88. The van der Waals surface area contributed by atoms with Crippen LogP contribution < -0.4 is 5.32 Å². The molecule has 0 aliphatic heterocycles. The molecule has 0 saturated carbocycles. The van der Waals surface area contributed by atoms with Gasteiger partial charge in [0.1, 0.15) is 10.8 Å². The molecule has 88 valence electrons. The number of hydrogen-bond acceptors (Lipinski definition) is 4. The van der Waals surface area contributed by atoms with Crippen molar-refractivity contribution >= 4 is 23.3 Å². The monoisotopic (exact) mass is 248 g/mol. The van der Waals surface area contributed by atoms with Crippen molar-refractivity contribution in [3.05, 3.63) is 46.3 Å². The molecular formula is C12H12N2O2S. The predicted molar refractivity (Wildman–Crippen MR) is 66.4 cm³/mol. The maximum Gasteiger partial charge on any atom is 0.244 e. The van der Waals surface area contributed by atoms with Crippen LogP contribution in [0.5, 0.6) is 0 Å². The summed E-state index contributed by atoms with van der Waals surface area (Å²) < 4.78 is 5.07. The van der Waals surface area contributed by atoms with E-state index in [0.717, 1.165) is 10.7 Å². The van der Waals surface area contributed by atoms with Crippen molar-refractivity contribution in [3.63, 3.8) is 0 Å². The molecular weight excluding hydrogens is 236 g/mol. The van der Waals surface area contributed by atoms with Crippen molar-refractivity contribution in [3.8, 4) is 0 Å². The van der Waals surface area contributed by atoms with Crippen LogP contribution in [0.4, 0.5) is 0 Å². The van der Waals surface area contributed by atoms with E-state index in [-0.39, 0.29) is 5.91 Å². The highest BCUT2D eigenvalue weighted by Crippen LogP contribution is 2.07. The lowest BCUT2D eigenvalue weighted by molar-refractivity contribution is -0.116. The Morgan fingerprint density at radius 2 is 2.53 bits per heavy atom. The summed E-state index contributed by atoms with van der Waals surface area (Å²) in [5, 5.41) is 5.62. The van der Waals surface area contributed by atoms with Gasteiger partial charge in [0, 0.05) is 17.2 Å². The van der Waals surface area contributed by atoms with Crippen molar-refractivity contribution in [2.45, 2.75) is 13.5 Å². The third-order valence-electron chi connectivity index (χ3n) is 2.02. The van der Waals surface area contributed by atoms with Crippen molar-refractivity contribution in [2.75, 3.05) is 0 Å². The molecule has 2 heterocycles. The molecule has 0 radical (unpaired) electrons. The van der Waals surface area contributed by atoms with E-state index in [1.165, 1.54) is 17.4 Å². The van der Waals surface area contributed by atoms with Crippen LogP contribution >= 0.6 is 11.3 Å². The Balaban J connectivity index is 1.82. The van der Waals surface area contributed by atoms with Crippen molar-refractivity contribution in [1.82, 2.24) is 10.3 Å². The number of nitrogens with one attached hydrogen (secondary N) is 1. The minimum absolute atomic E-state index is 0.158. The summed E-state index contributed by atoms with van der Waals surface area (Å²) >= 11 is 1.54. The number of thiazole rings is 1. The normalized spacial score (nSPS) is 10.9. The topological polar surface area (TPSA) is 55.1 Å². The lowest BCUT2D eigenvalue weighted by Gasteiger charge is -1.97. The van der Waals surface area contributed by atoms with E-state index >= 15 is 0 Å². The summed E-state index contributed by atoms with van der Waals surface area (Å²) in [5.74, 6) is 0.500. The van der Waals surface area contributed by atoms with Crippen molar-refractivity contribution in [2.24, 2.45) is 0 Å². The zero-order valence-corrected chi connectivity index (χ0v) is 10.2. The highest BCUT2D eigenvalue weighted by atomic mass is 32.1. The molecule has 5 heteroatoms. The molecule has 0 fully saturated rings. The minimum Gasteiger partial charge on any atom is -0.465 e. The molecule has 2 aromatic rings. The molecule has 0 spiro atoms. The van der Waals surface area contributed by atoms with Crippen LogP contribution in [-0.4, -0.2) is 10.9 Å². The molecule has 0 aliphatic rings. The number of amides is 1. The summed E-state index contributed by atoms with van der Waals surface area (Å²) in [4.78, 5) is 15.7. The molecule has 4 nitrogen and oxygen atoms in total. The van der Waals surface area contributed by atoms with Crippen LogP contribution in [0.25, 0.3) is 6.08 Å². The van der Waals surface area contributed by atoms with Gasteiger partial charge in [0.2, 0.25) is 5.91 Å². The van der Waals surface area contributed by atoms with Gasteiger partial charge in [0.05, 0.1) is 12.8 Å². The van der Waals surface area contributed by atoms with Gasteiger partial charge >= 0.3 is 0 Å². The molecule has 0 aliphatic carbocycles. The third-order valence-corrected chi connectivity index (χ3v) is 2.99. The predicted octanol–water partition coefficient (Wildman–Crippen LogP) is 2.37. The molecule has 0 atom stereocenters. The summed E-state index contributed by atoms with van der Waals surface area (Å²) in [6.45, 7) is 2.39. The van der Waals surface area contributed by atoms with E-state index in [1.807, 2.05) is 12.3 Å². The van der Waals surface area contributed by atoms with E-state index in [0.29, 0.717) is 12.3 Å². The second kappa shape index (κ2) is 5.45. The fourth-order valence-corrected chi connectivity index (χ4v) is 1.96. The Morgan fingerprint density at radius 3 is 3.18 bits per heavy atom. The molecule has 0 aromatic carbocycles. The van der Waals surface area contributed by atoms with Crippen LogP contribution in [-0.2, 0) is 11.3 Å². The average Bonchev–Trinajstić information content (AvgIpc) is 2.95. The maximum absolute atomic E-state index is 11.5. The third kappa shape index (κ3) is 3.57. The zero-order chi connectivity index (χ0) is 12.1. The Labute approximate surface area is 103 Å². The van der Waals surface area contributed by atoms with Crippen LogP contribution in [0.3, 0.4) is 0 Å². The molecule has 2 rings (SSSR count). The fraction of sp³-hybridized carbons (Fsp3) is 0.167. The second-order valence-electron chi connectivity index (χ2n) is 3.45. The lowest BCUT2D eigenvalue weighted by atomic mass is 10.4. The minimum atomic E-state index is -0.158. The smallest absolute Gasteiger partial charge is 0.244 e. The zero-order valence-electron chi connectivity index (χ0n) is 9.34. The first-order valence-corrected chi connectivity index (χ1v) is 6.02. The van der Waals surface area contributed by atoms with E-state index in [2.05, 4.69) is 10.3 Å². The van der Waals surface area contributed by atoms with Gasteiger partial charge in [-0.05, 0) is 25.1 Å². The van der Waals surface area contributed by atoms with Gasteiger partial charge in [-0.25, -0.2) is 4.98 Å².